The van der Waals surface area contributed by atoms with E-state index in [4.69, 9.17) is 5.11 Å². The van der Waals surface area contributed by atoms with Crippen molar-refractivity contribution < 1.29 is 9.90 Å². The molecule has 1 aromatic heterocycles. The fraction of sp³-hybridized carbons (Fsp3) is 0.733. The van der Waals surface area contributed by atoms with Gasteiger partial charge in [-0.1, -0.05) is 19.3 Å². The molecule has 0 aromatic carbocycles. The van der Waals surface area contributed by atoms with E-state index in [0.717, 1.165) is 18.5 Å². The van der Waals surface area contributed by atoms with Crippen LogP contribution in [0.25, 0.3) is 0 Å². The Morgan fingerprint density at radius 1 is 1.30 bits per heavy atom. The normalized spacial score (nSPS) is 20.4. The van der Waals surface area contributed by atoms with Crippen LogP contribution in [0.4, 0.5) is 0 Å². The van der Waals surface area contributed by atoms with E-state index in [2.05, 4.69) is 16.0 Å². The third kappa shape index (κ3) is 3.39. The maximum atomic E-state index is 10.9. The van der Waals surface area contributed by atoms with Gasteiger partial charge in [0.1, 0.15) is 0 Å². The number of aliphatic carboxylic acids is 1. The molecule has 1 N–H and O–H groups in total. The summed E-state index contributed by atoms with van der Waals surface area (Å²) in [4.78, 5) is 13.0. The van der Waals surface area contributed by atoms with Gasteiger partial charge in [-0.3, -0.25) is 14.4 Å². The Balaban J connectivity index is 1.61. The quantitative estimate of drug-likeness (QED) is 0.867. The second-order valence-electron chi connectivity index (χ2n) is 6.11. The lowest BCUT2D eigenvalue weighted by Crippen LogP contribution is -2.31. The average molecular weight is 277 g/mol. The summed E-state index contributed by atoms with van der Waals surface area (Å²) in [5, 5.41) is 13.7. The Morgan fingerprint density at radius 3 is 2.70 bits per heavy atom. The number of rotatable bonds is 6. The van der Waals surface area contributed by atoms with Crippen LogP contribution in [0.3, 0.4) is 0 Å². The fourth-order valence-corrected chi connectivity index (χ4v) is 3.15. The summed E-state index contributed by atoms with van der Waals surface area (Å²) in [5.41, 5.74) is 1.00. The van der Waals surface area contributed by atoms with Crippen molar-refractivity contribution >= 4 is 5.97 Å². The second kappa shape index (κ2) is 5.95. The van der Waals surface area contributed by atoms with E-state index < -0.39 is 5.97 Å². The zero-order valence-electron chi connectivity index (χ0n) is 11.9. The van der Waals surface area contributed by atoms with Crippen LogP contribution in [0.1, 0.15) is 56.7 Å². The van der Waals surface area contributed by atoms with E-state index in [-0.39, 0.29) is 6.54 Å². The van der Waals surface area contributed by atoms with Gasteiger partial charge < -0.3 is 5.11 Å². The fourth-order valence-electron chi connectivity index (χ4n) is 3.15. The Morgan fingerprint density at radius 2 is 2.05 bits per heavy atom. The highest BCUT2D eigenvalue weighted by Crippen LogP contribution is 2.29. The minimum atomic E-state index is -0.747. The summed E-state index contributed by atoms with van der Waals surface area (Å²) in [6, 6.07) is 3.04. The minimum Gasteiger partial charge on any atom is -0.480 e. The molecular formula is C15H23N3O2. The third-order valence-electron chi connectivity index (χ3n) is 4.38. The first-order chi connectivity index (χ1) is 9.72. The summed E-state index contributed by atoms with van der Waals surface area (Å²) in [6.45, 7) is 0.789. The van der Waals surface area contributed by atoms with E-state index in [9.17, 15) is 4.79 Å². The summed E-state index contributed by atoms with van der Waals surface area (Å²) in [7, 11) is 0. The van der Waals surface area contributed by atoms with E-state index in [1.54, 1.807) is 0 Å². The van der Waals surface area contributed by atoms with Gasteiger partial charge in [-0.25, -0.2) is 0 Å². The molecule has 5 nitrogen and oxygen atoms in total. The number of hydrogen-bond acceptors (Lipinski definition) is 3. The number of carboxylic acid groups (broad SMARTS) is 1. The summed E-state index contributed by atoms with van der Waals surface area (Å²) in [6.07, 6.45) is 10.7. The topological polar surface area (TPSA) is 58.4 Å². The molecule has 0 saturated heterocycles. The van der Waals surface area contributed by atoms with Crippen LogP contribution in [-0.4, -0.2) is 38.3 Å². The van der Waals surface area contributed by atoms with E-state index in [1.165, 1.54) is 32.1 Å². The molecule has 3 rings (SSSR count). The molecule has 2 fully saturated rings. The molecule has 5 heteroatoms. The van der Waals surface area contributed by atoms with Crippen molar-refractivity contribution in [1.82, 2.24) is 14.7 Å². The first kappa shape index (κ1) is 13.6. The van der Waals surface area contributed by atoms with Crippen molar-refractivity contribution in [2.24, 2.45) is 0 Å². The van der Waals surface area contributed by atoms with Crippen LogP contribution >= 0.6 is 0 Å². The maximum Gasteiger partial charge on any atom is 0.317 e. The van der Waals surface area contributed by atoms with Crippen molar-refractivity contribution in [2.45, 2.75) is 63.6 Å². The zero-order valence-corrected chi connectivity index (χ0v) is 11.9. The molecule has 0 radical (unpaired) electrons. The van der Waals surface area contributed by atoms with Gasteiger partial charge in [-0.05, 0) is 31.7 Å². The predicted octanol–water partition coefficient (Wildman–Crippen LogP) is 2.44. The molecule has 2 aliphatic carbocycles. The molecule has 2 saturated carbocycles. The van der Waals surface area contributed by atoms with Crippen LogP contribution in [-0.2, 0) is 11.3 Å². The predicted molar refractivity (Wildman–Crippen MR) is 75.4 cm³/mol. The zero-order chi connectivity index (χ0) is 13.9. The van der Waals surface area contributed by atoms with Gasteiger partial charge in [-0.2, -0.15) is 5.10 Å². The number of carbonyl (C=O) groups is 1. The maximum absolute atomic E-state index is 10.9. The lowest BCUT2D eigenvalue weighted by atomic mass is 9.96. The van der Waals surface area contributed by atoms with Crippen LogP contribution in [0.5, 0.6) is 0 Å². The largest absolute Gasteiger partial charge is 0.480 e. The molecule has 1 aromatic rings. The summed E-state index contributed by atoms with van der Waals surface area (Å²) >= 11 is 0. The van der Waals surface area contributed by atoms with Gasteiger partial charge in [0.05, 0.1) is 18.3 Å². The van der Waals surface area contributed by atoms with Crippen LogP contribution in [0.2, 0.25) is 0 Å². The molecule has 0 aliphatic heterocycles. The average Bonchev–Trinajstić information content (AvgIpc) is 3.19. The Kier molecular flexibility index (Phi) is 4.05. The van der Waals surface area contributed by atoms with Crippen molar-refractivity contribution in [3.8, 4) is 0 Å². The molecule has 20 heavy (non-hydrogen) atoms. The lowest BCUT2D eigenvalue weighted by Gasteiger charge is -2.22. The molecule has 0 spiro atoms. The number of aromatic nitrogens is 2. The van der Waals surface area contributed by atoms with E-state index >= 15 is 0 Å². The van der Waals surface area contributed by atoms with Gasteiger partial charge in [0.25, 0.3) is 0 Å². The first-order valence-corrected chi connectivity index (χ1v) is 7.72. The van der Waals surface area contributed by atoms with Crippen LogP contribution < -0.4 is 0 Å². The third-order valence-corrected chi connectivity index (χ3v) is 4.38. The van der Waals surface area contributed by atoms with Gasteiger partial charge >= 0.3 is 5.97 Å². The molecule has 0 atom stereocenters. The highest BCUT2D eigenvalue weighted by molar-refractivity contribution is 5.69. The van der Waals surface area contributed by atoms with Crippen molar-refractivity contribution in [2.75, 3.05) is 6.54 Å². The molecule has 110 valence electrons. The SMILES string of the molecule is O=C(O)CN(Cc1ccn(C2CCCCC2)n1)C1CC1. The Labute approximate surface area is 119 Å². The molecule has 0 amide bonds. The van der Waals surface area contributed by atoms with Crippen molar-refractivity contribution in [3.63, 3.8) is 0 Å². The molecule has 0 unspecified atom stereocenters. The molecule has 1 heterocycles. The molecular weight excluding hydrogens is 254 g/mol. The van der Waals surface area contributed by atoms with Crippen molar-refractivity contribution in [3.05, 3.63) is 18.0 Å². The first-order valence-electron chi connectivity index (χ1n) is 7.72. The Hall–Kier alpha value is -1.36. The van der Waals surface area contributed by atoms with Crippen LogP contribution in [0.15, 0.2) is 12.3 Å². The highest BCUT2D eigenvalue weighted by Gasteiger charge is 2.30. The monoisotopic (exact) mass is 277 g/mol. The molecule has 2 aliphatic rings. The van der Waals surface area contributed by atoms with Gasteiger partial charge in [0.15, 0.2) is 0 Å². The van der Waals surface area contributed by atoms with Gasteiger partial charge in [-0.15, -0.1) is 0 Å². The standard InChI is InChI=1S/C15H23N3O2/c19-15(20)11-17(13-6-7-13)10-12-8-9-18(16-12)14-4-2-1-3-5-14/h8-9,13-14H,1-7,10-11H2,(H,19,20). The Bertz CT molecular complexity index is 461. The number of nitrogens with zero attached hydrogens (tertiary/aromatic N) is 3. The summed E-state index contributed by atoms with van der Waals surface area (Å²) in [5.74, 6) is -0.747. The van der Waals surface area contributed by atoms with Gasteiger partial charge in [0, 0.05) is 18.8 Å². The van der Waals surface area contributed by atoms with E-state index in [1.807, 2.05) is 11.0 Å². The van der Waals surface area contributed by atoms with Crippen LogP contribution in [0, 0.1) is 0 Å². The highest BCUT2D eigenvalue weighted by atomic mass is 16.4. The number of carboxylic acids is 1. The second-order valence-corrected chi connectivity index (χ2v) is 6.11. The number of hydrogen-bond donors (Lipinski definition) is 1. The smallest absolute Gasteiger partial charge is 0.317 e. The van der Waals surface area contributed by atoms with E-state index in [0.29, 0.717) is 18.6 Å². The van der Waals surface area contributed by atoms with Gasteiger partial charge in [0.2, 0.25) is 0 Å². The van der Waals surface area contributed by atoms with Crippen molar-refractivity contribution in [1.29, 1.82) is 0 Å². The minimum absolute atomic E-state index is 0.126. The molecule has 0 bridgehead atoms. The lowest BCUT2D eigenvalue weighted by molar-refractivity contribution is -0.138. The summed E-state index contributed by atoms with van der Waals surface area (Å²) < 4.78 is 2.10.